The average Bonchev–Trinajstić information content (AvgIpc) is 3.14. The number of rotatable bonds is 9. The minimum atomic E-state index is -4.27. The van der Waals surface area contributed by atoms with Crippen molar-refractivity contribution in [3.05, 3.63) is 53.1 Å². The van der Waals surface area contributed by atoms with E-state index in [9.17, 15) is 22.4 Å². The third kappa shape index (κ3) is 6.19. The number of allylic oxidation sites excluding steroid dienone is 1. The molecule has 0 aliphatic carbocycles. The van der Waals surface area contributed by atoms with Crippen molar-refractivity contribution in [2.24, 2.45) is 0 Å². The predicted octanol–water partition coefficient (Wildman–Crippen LogP) is 3.85. The van der Waals surface area contributed by atoms with Crippen molar-refractivity contribution < 1.29 is 31.5 Å². The third-order valence-corrected chi connectivity index (χ3v) is 5.29. The molecule has 1 amide bonds. The van der Waals surface area contributed by atoms with E-state index in [0.29, 0.717) is 30.3 Å². The van der Waals surface area contributed by atoms with Gasteiger partial charge in [0.15, 0.2) is 6.61 Å². The van der Waals surface area contributed by atoms with Crippen molar-refractivity contribution in [1.82, 2.24) is 20.4 Å². The summed E-state index contributed by atoms with van der Waals surface area (Å²) < 4.78 is 62.3. The molecule has 32 heavy (non-hydrogen) atoms. The van der Waals surface area contributed by atoms with Crippen LogP contribution in [-0.4, -0.2) is 52.9 Å². The van der Waals surface area contributed by atoms with E-state index in [-0.39, 0.29) is 36.4 Å². The van der Waals surface area contributed by atoms with Crippen LogP contribution >= 0.6 is 11.6 Å². The molecule has 3 rings (SSSR count). The summed E-state index contributed by atoms with van der Waals surface area (Å²) in [5.41, 5.74) is 0.384. The zero-order chi connectivity index (χ0) is 23.5. The lowest BCUT2D eigenvalue weighted by atomic mass is 9.98. The Morgan fingerprint density at radius 1 is 1.41 bits per heavy atom. The van der Waals surface area contributed by atoms with Crippen molar-refractivity contribution in [3.63, 3.8) is 0 Å². The third-order valence-electron chi connectivity index (χ3n) is 4.98. The molecule has 2 heterocycles. The van der Waals surface area contributed by atoms with Crippen molar-refractivity contribution in [1.29, 1.82) is 0 Å². The van der Waals surface area contributed by atoms with E-state index in [1.807, 2.05) is 0 Å². The van der Waals surface area contributed by atoms with E-state index >= 15 is 0 Å². The number of aromatic nitrogens is 2. The minimum absolute atomic E-state index is 0.0511. The molecule has 1 aliphatic heterocycles. The van der Waals surface area contributed by atoms with Gasteiger partial charge in [-0.25, -0.2) is 4.39 Å². The number of ether oxygens (including phenoxy) is 1. The number of benzene rings is 1. The topological polar surface area (TPSA) is 80.5 Å². The Bertz CT molecular complexity index is 976. The highest BCUT2D eigenvalue weighted by molar-refractivity contribution is 6.30. The van der Waals surface area contributed by atoms with Gasteiger partial charge in [-0.3, -0.25) is 9.69 Å². The van der Waals surface area contributed by atoms with Gasteiger partial charge in [-0.2, -0.15) is 13.2 Å². The van der Waals surface area contributed by atoms with Gasteiger partial charge in [0.05, 0.1) is 10.9 Å². The van der Waals surface area contributed by atoms with Crippen LogP contribution in [0.3, 0.4) is 0 Å². The summed E-state index contributed by atoms with van der Waals surface area (Å²) in [5, 5.41) is 10.3. The standard InChI is InChI=1S/C20H21ClF4N4O3/c1-11(26-17(30)10-31-14-4-5-15(21)16(22)7-14)3-6-18-27-28-19(32-18)13-8-29(9-13)12(2)20(23,24)25/h4-5,7,12-13H,1,3,6,8-10H2,2H3,(H,26,30). The Hall–Kier alpha value is -2.66. The monoisotopic (exact) mass is 476 g/mol. The number of likely N-dealkylation sites (tertiary alicyclic amines) is 1. The fraction of sp³-hybridized carbons (Fsp3) is 0.450. The van der Waals surface area contributed by atoms with Crippen molar-refractivity contribution in [2.75, 3.05) is 19.7 Å². The number of nitrogens with one attached hydrogen (secondary N) is 1. The van der Waals surface area contributed by atoms with E-state index in [1.165, 1.54) is 17.0 Å². The van der Waals surface area contributed by atoms with Crippen molar-refractivity contribution >= 4 is 17.5 Å². The molecule has 174 valence electrons. The van der Waals surface area contributed by atoms with Crippen LogP contribution in [0.15, 0.2) is 34.9 Å². The number of carbonyl (C=O) groups is 1. The van der Waals surface area contributed by atoms with E-state index < -0.39 is 23.9 Å². The van der Waals surface area contributed by atoms with Crippen LogP contribution in [0.25, 0.3) is 0 Å². The first-order chi connectivity index (χ1) is 15.0. The number of nitrogens with zero attached hydrogens (tertiary/aromatic N) is 3. The minimum Gasteiger partial charge on any atom is -0.484 e. The summed E-state index contributed by atoms with van der Waals surface area (Å²) in [7, 11) is 0. The maximum Gasteiger partial charge on any atom is 0.403 e. The summed E-state index contributed by atoms with van der Waals surface area (Å²) in [5.74, 6) is -0.624. The maximum atomic E-state index is 13.4. The lowest BCUT2D eigenvalue weighted by molar-refractivity contribution is -0.190. The van der Waals surface area contributed by atoms with Crippen LogP contribution in [0.1, 0.15) is 31.0 Å². The summed E-state index contributed by atoms with van der Waals surface area (Å²) in [6, 6.07) is 2.31. The van der Waals surface area contributed by atoms with Crippen molar-refractivity contribution in [2.45, 2.75) is 37.9 Å². The van der Waals surface area contributed by atoms with Gasteiger partial charge in [0.25, 0.3) is 5.91 Å². The molecule has 0 bridgehead atoms. The van der Waals surface area contributed by atoms with Crippen LogP contribution in [0, 0.1) is 5.82 Å². The highest BCUT2D eigenvalue weighted by Gasteiger charge is 2.46. The second kappa shape index (κ2) is 9.86. The summed E-state index contributed by atoms with van der Waals surface area (Å²) in [6.45, 7) is 4.91. The zero-order valence-corrected chi connectivity index (χ0v) is 17.8. The lowest BCUT2D eigenvalue weighted by Gasteiger charge is -2.41. The van der Waals surface area contributed by atoms with Crippen molar-refractivity contribution in [3.8, 4) is 5.75 Å². The summed E-state index contributed by atoms with van der Waals surface area (Å²) >= 11 is 5.58. The van der Waals surface area contributed by atoms with Gasteiger partial charge in [0.1, 0.15) is 17.6 Å². The highest BCUT2D eigenvalue weighted by atomic mass is 35.5. The van der Waals surface area contributed by atoms with Gasteiger partial charge in [0.2, 0.25) is 11.8 Å². The van der Waals surface area contributed by atoms with Crippen LogP contribution in [-0.2, 0) is 11.2 Å². The predicted molar refractivity (Wildman–Crippen MR) is 107 cm³/mol. The Labute approximate surface area is 186 Å². The van der Waals surface area contributed by atoms with Gasteiger partial charge >= 0.3 is 6.18 Å². The zero-order valence-electron chi connectivity index (χ0n) is 17.1. The molecule has 1 fully saturated rings. The molecule has 0 spiro atoms. The Kier molecular flexibility index (Phi) is 7.40. The number of hydrogen-bond acceptors (Lipinski definition) is 6. The van der Waals surface area contributed by atoms with Gasteiger partial charge in [-0.15, -0.1) is 10.2 Å². The maximum absolute atomic E-state index is 13.4. The van der Waals surface area contributed by atoms with Gasteiger partial charge in [0, 0.05) is 31.3 Å². The molecule has 12 heteroatoms. The van der Waals surface area contributed by atoms with E-state index in [1.54, 1.807) is 0 Å². The highest BCUT2D eigenvalue weighted by Crippen LogP contribution is 2.33. The average molecular weight is 477 g/mol. The number of amides is 1. The summed E-state index contributed by atoms with van der Waals surface area (Å²) in [4.78, 5) is 13.2. The molecule has 1 unspecified atom stereocenters. The molecule has 0 saturated carbocycles. The molecule has 1 N–H and O–H groups in total. The quantitative estimate of drug-likeness (QED) is 0.554. The fourth-order valence-electron chi connectivity index (χ4n) is 2.99. The second-order valence-electron chi connectivity index (χ2n) is 7.42. The normalized spacial score (nSPS) is 15.8. The first kappa shape index (κ1) is 24.0. The molecule has 2 aromatic rings. The summed E-state index contributed by atoms with van der Waals surface area (Å²) in [6.07, 6.45) is -3.67. The number of hydrogen-bond donors (Lipinski definition) is 1. The number of aryl methyl sites for hydroxylation is 1. The molecule has 1 atom stereocenters. The molecular weight excluding hydrogens is 456 g/mol. The Morgan fingerprint density at radius 2 is 2.12 bits per heavy atom. The smallest absolute Gasteiger partial charge is 0.403 e. The molecule has 1 aromatic heterocycles. The fourth-order valence-corrected chi connectivity index (χ4v) is 3.11. The molecule has 7 nitrogen and oxygen atoms in total. The van der Waals surface area contributed by atoms with Crippen LogP contribution < -0.4 is 10.1 Å². The molecule has 0 radical (unpaired) electrons. The number of alkyl halides is 3. The molecule has 1 aliphatic rings. The lowest BCUT2D eigenvalue weighted by Crippen LogP contribution is -2.54. The Morgan fingerprint density at radius 3 is 2.78 bits per heavy atom. The first-order valence-electron chi connectivity index (χ1n) is 9.71. The van der Waals surface area contributed by atoms with Crippen LogP contribution in [0.2, 0.25) is 5.02 Å². The second-order valence-corrected chi connectivity index (χ2v) is 7.83. The van der Waals surface area contributed by atoms with E-state index in [0.717, 1.165) is 13.0 Å². The number of carbonyl (C=O) groups excluding carboxylic acids is 1. The van der Waals surface area contributed by atoms with Crippen LogP contribution in [0.4, 0.5) is 17.6 Å². The SMILES string of the molecule is C=C(CCc1nnc(C2CN(C(C)C(F)(F)F)C2)o1)NC(=O)COc1ccc(Cl)c(F)c1. The largest absolute Gasteiger partial charge is 0.484 e. The van der Waals surface area contributed by atoms with E-state index in [2.05, 4.69) is 22.1 Å². The molecular formula is C20H21ClF4N4O3. The molecule has 1 saturated heterocycles. The van der Waals surface area contributed by atoms with Gasteiger partial charge < -0.3 is 14.5 Å². The Balaban J connectivity index is 1.38. The van der Waals surface area contributed by atoms with Crippen LogP contribution in [0.5, 0.6) is 5.75 Å². The van der Waals surface area contributed by atoms with Gasteiger partial charge in [-0.05, 0) is 25.5 Å². The molecule has 1 aromatic carbocycles. The number of halogens is 5. The van der Waals surface area contributed by atoms with Gasteiger partial charge in [-0.1, -0.05) is 18.2 Å². The van der Waals surface area contributed by atoms with E-state index in [4.69, 9.17) is 20.8 Å². The first-order valence-corrected chi connectivity index (χ1v) is 10.1.